The van der Waals surface area contributed by atoms with Crippen LogP contribution in [0, 0.1) is 11.3 Å². The summed E-state index contributed by atoms with van der Waals surface area (Å²) in [5, 5.41) is 14.1. The van der Waals surface area contributed by atoms with Crippen molar-refractivity contribution in [3.8, 4) is 6.07 Å². The van der Waals surface area contributed by atoms with Gasteiger partial charge in [-0.2, -0.15) is 10.4 Å². The van der Waals surface area contributed by atoms with Gasteiger partial charge in [0.15, 0.2) is 5.65 Å². The van der Waals surface area contributed by atoms with Crippen LogP contribution in [0.4, 0.5) is 0 Å². The fraction of sp³-hybridized carbons (Fsp3) is 0.333. The van der Waals surface area contributed by atoms with Crippen molar-refractivity contribution < 1.29 is 9.53 Å². The lowest BCUT2D eigenvalue weighted by molar-refractivity contribution is 0.0475. The van der Waals surface area contributed by atoms with Crippen LogP contribution in [0.1, 0.15) is 66.8 Å². The Bertz CT molecular complexity index is 1030. The van der Waals surface area contributed by atoms with E-state index in [0.717, 1.165) is 11.3 Å². The minimum absolute atomic E-state index is 0.105. The van der Waals surface area contributed by atoms with Gasteiger partial charge < -0.3 is 4.74 Å². The molecule has 0 aliphatic rings. The normalized spacial score (nSPS) is 11.1. The van der Waals surface area contributed by atoms with E-state index in [1.807, 2.05) is 38.4 Å². The van der Waals surface area contributed by atoms with Crippen molar-refractivity contribution in [3.05, 3.63) is 58.9 Å². The summed E-state index contributed by atoms with van der Waals surface area (Å²) >= 11 is 0. The molecule has 0 aliphatic carbocycles. The zero-order valence-electron chi connectivity index (χ0n) is 15.9. The van der Waals surface area contributed by atoms with Gasteiger partial charge in [0.2, 0.25) is 0 Å². The van der Waals surface area contributed by atoms with E-state index >= 15 is 0 Å². The van der Waals surface area contributed by atoms with Gasteiger partial charge >= 0.3 is 5.97 Å². The maximum atomic E-state index is 12.8. The van der Waals surface area contributed by atoms with Gasteiger partial charge in [-0.15, -0.1) is 0 Å². The van der Waals surface area contributed by atoms with Gasteiger partial charge in [0.25, 0.3) is 0 Å². The molecule has 0 radical (unpaired) electrons. The number of nitriles is 1. The Balaban J connectivity index is 1.94. The molecule has 0 unspecified atom stereocenters. The van der Waals surface area contributed by atoms with E-state index < -0.39 is 5.97 Å². The van der Waals surface area contributed by atoms with Crippen molar-refractivity contribution in [2.24, 2.45) is 0 Å². The zero-order valence-corrected chi connectivity index (χ0v) is 15.9. The largest absolute Gasteiger partial charge is 0.457 e. The second kappa shape index (κ2) is 7.58. The van der Waals surface area contributed by atoms with Crippen molar-refractivity contribution in [2.75, 3.05) is 0 Å². The summed E-state index contributed by atoms with van der Waals surface area (Å²) in [6.07, 6.45) is 1.67. The van der Waals surface area contributed by atoms with E-state index in [2.05, 4.69) is 11.2 Å². The average molecular weight is 362 g/mol. The van der Waals surface area contributed by atoms with E-state index in [1.54, 1.807) is 30.5 Å². The molecule has 138 valence electrons. The van der Waals surface area contributed by atoms with E-state index in [9.17, 15) is 4.79 Å². The lowest BCUT2D eigenvalue weighted by Gasteiger charge is -2.12. The molecule has 0 bridgehead atoms. The molecule has 0 aliphatic heterocycles. The molecule has 2 heterocycles. The second-order valence-corrected chi connectivity index (χ2v) is 7.06. The lowest BCUT2D eigenvalue weighted by atomic mass is 10.1. The Morgan fingerprint density at radius 1 is 1.26 bits per heavy atom. The topological polar surface area (TPSA) is 80.8 Å². The SMILES string of the molecule is CC(C)c1cc(C(=O)OCc2cccc(C#N)c2)c2cnn(C(C)C)c2n1. The van der Waals surface area contributed by atoms with Crippen LogP contribution in [-0.4, -0.2) is 20.7 Å². The number of nitrogens with zero attached hydrogens (tertiary/aromatic N) is 4. The number of carbonyl (C=O) groups is 1. The molecule has 0 amide bonds. The molecule has 1 aromatic carbocycles. The molecule has 0 spiro atoms. The molecule has 0 saturated heterocycles. The van der Waals surface area contributed by atoms with Crippen LogP contribution in [-0.2, 0) is 11.3 Å². The summed E-state index contributed by atoms with van der Waals surface area (Å²) in [6.45, 7) is 8.22. The molecule has 3 aromatic rings. The monoisotopic (exact) mass is 362 g/mol. The molecule has 6 heteroatoms. The number of hydrogen-bond donors (Lipinski definition) is 0. The van der Waals surface area contributed by atoms with Crippen LogP contribution in [0.3, 0.4) is 0 Å². The summed E-state index contributed by atoms with van der Waals surface area (Å²) in [7, 11) is 0. The van der Waals surface area contributed by atoms with E-state index in [-0.39, 0.29) is 18.6 Å². The van der Waals surface area contributed by atoms with Crippen molar-refractivity contribution >= 4 is 17.0 Å². The number of aromatic nitrogens is 3. The first kappa shape index (κ1) is 18.6. The Kier molecular flexibility index (Phi) is 5.22. The highest BCUT2D eigenvalue weighted by atomic mass is 16.5. The number of pyridine rings is 1. The standard InChI is InChI=1S/C21H22N4O2/c1-13(2)19-9-17(18-11-23-25(14(3)4)20(18)24-19)21(26)27-12-16-7-5-6-15(8-16)10-22/h5-9,11,13-14H,12H2,1-4H3. The highest BCUT2D eigenvalue weighted by molar-refractivity contribution is 6.02. The molecule has 2 aromatic heterocycles. The highest BCUT2D eigenvalue weighted by Gasteiger charge is 2.20. The minimum Gasteiger partial charge on any atom is -0.457 e. The fourth-order valence-electron chi connectivity index (χ4n) is 2.84. The third-order valence-corrected chi connectivity index (χ3v) is 4.31. The van der Waals surface area contributed by atoms with Gasteiger partial charge in [0.05, 0.1) is 28.8 Å². The highest BCUT2D eigenvalue weighted by Crippen LogP contribution is 2.25. The zero-order chi connectivity index (χ0) is 19.6. The van der Waals surface area contributed by atoms with Crippen molar-refractivity contribution in [3.63, 3.8) is 0 Å². The van der Waals surface area contributed by atoms with E-state index in [0.29, 0.717) is 22.2 Å². The first-order valence-corrected chi connectivity index (χ1v) is 8.95. The number of benzene rings is 1. The van der Waals surface area contributed by atoms with Gasteiger partial charge in [-0.25, -0.2) is 14.5 Å². The molecule has 0 saturated carbocycles. The van der Waals surface area contributed by atoms with Crippen molar-refractivity contribution in [2.45, 2.75) is 46.3 Å². The predicted octanol–water partition coefficient (Wildman–Crippen LogP) is 4.36. The summed E-state index contributed by atoms with van der Waals surface area (Å²) in [5.74, 6) is -0.251. The van der Waals surface area contributed by atoms with E-state index in [1.165, 1.54) is 0 Å². The lowest BCUT2D eigenvalue weighted by Crippen LogP contribution is -2.10. The minimum atomic E-state index is -0.421. The Morgan fingerprint density at radius 3 is 2.70 bits per heavy atom. The Labute approximate surface area is 158 Å². The molecule has 0 N–H and O–H groups in total. The van der Waals surface area contributed by atoms with Crippen LogP contribution in [0.15, 0.2) is 36.5 Å². The van der Waals surface area contributed by atoms with Gasteiger partial charge in [0.1, 0.15) is 6.61 Å². The van der Waals surface area contributed by atoms with Crippen LogP contribution < -0.4 is 0 Å². The summed E-state index contributed by atoms with van der Waals surface area (Å²) in [6, 6.07) is 11.0. The summed E-state index contributed by atoms with van der Waals surface area (Å²) in [4.78, 5) is 17.5. The smallest absolute Gasteiger partial charge is 0.339 e. The first-order valence-electron chi connectivity index (χ1n) is 8.95. The quantitative estimate of drug-likeness (QED) is 0.630. The Hall–Kier alpha value is -3.20. The molecular formula is C21H22N4O2. The van der Waals surface area contributed by atoms with Crippen LogP contribution >= 0.6 is 0 Å². The number of carbonyl (C=O) groups excluding carboxylic acids is 1. The van der Waals surface area contributed by atoms with Crippen LogP contribution in [0.25, 0.3) is 11.0 Å². The Morgan fingerprint density at radius 2 is 2.04 bits per heavy atom. The first-order chi connectivity index (χ1) is 12.9. The number of hydrogen-bond acceptors (Lipinski definition) is 5. The van der Waals surface area contributed by atoms with Crippen LogP contribution in [0.5, 0.6) is 0 Å². The summed E-state index contributed by atoms with van der Waals surface area (Å²) in [5.41, 5.74) is 3.29. The molecular weight excluding hydrogens is 340 g/mol. The van der Waals surface area contributed by atoms with Gasteiger partial charge in [-0.3, -0.25) is 0 Å². The number of esters is 1. The molecule has 0 atom stereocenters. The maximum Gasteiger partial charge on any atom is 0.339 e. The predicted molar refractivity (Wildman–Crippen MR) is 102 cm³/mol. The van der Waals surface area contributed by atoms with Crippen molar-refractivity contribution in [1.82, 2.24) is 14.8 Å². The van der Waals surface area contributed by atoms with Gasteiger partial charge in [-0.1, -0.05) is 26.0 Å². The average Bonchev–Trinajstić information content (AvgIpc) is 3.09. The number of fused-ring (bicyclic) bond motifs is 1. The number of ether oxygens (including phenoxy) is 1. The molecule has 6 nitrogen and oxygen atoms in total. The third kappa shape index (κ3) is 3.82. The molecule has 0 fully saturated rings. The molecule has 3 rings (SSSR count). The summed E-state index contributed by atoms with van der Waals surface area (Å²) < 4.78 is 7.33. The van der Waals surface area contributed by atoms with Gasteiger partial charge in [0, 0.05) is 11.7 Å². The van der Waals surface area contributed by atoms with Crippen molar-refractivity contribution in [1.29, 1.82) is 5.26 Å². The van der Waals surface area contributed by atoms with Gasteiger partial charge in [-0.05, 0) is 43.5 Å². The second-order valence-electron chi connectivity index (χ2n) is 7.06. The maximum absolute atomic E-state index is 12.8. The molecule has 27 heavy (non-hydrogen) atoms. The fourth-order valence-corrected chi connectivity index (χ4v) is 2.84. The number of rotatable bonds is 5. The third-order valence-electron chi connectivity index (χ3n) is 4.31. The van der Waals surface area contributed by atoms with E-state index in [4.69, 9.17) is 15.0 Å². The van der Waals surface area contributed by atoms with Crippen LogP contribution in [0.2, 0.25) is 0 Å².